The third kappa shape index (κ3) is 8.55. The van der Waals surface area contributed by atoms with Crippen molar-refractivity contribution in [2.75, 3.05) is 11.9 Å². The molecule has 1 aromatic rings. The van der Waals surface area contributed by atoms with Gasteiger partial charge in [0.1, 0.15) is 0 Å². The number of amides is 2. The molecule has 16 heavy (non-hydrogen) atoms. The summed E-state index contributed by atoms with van der Waals surface area (Å²) < 4.78 is 4.18. The molecular formula is C11H16N2O3. The van der Waals surface area contributed by atoms with Crippen molar-refractivity contribution in [2.45, 2.75) is 13.8 Å². The number of benzene rings is 1. The van der Waals surface area contributed by atoms with Gasteiger partial charge >= 0.3 is 6.09 Å². The maximum Gasteiger partial charge on any atom is 0.404 e. The topological polar surface area (TPSA) is 81.4 Å². The summed E-state index contributed by atoms with van der Waals surface area (Å²) in [6.07, 6.45) is -0.711. The third-order valence-electron chi connectivity index (χ3n) is 1.38. The minimum Gasteiger partial charge on any atom is -0.450 e. The van der Waals surface area contributed by atoms with E-state index in [-0.39, 0.29) is 5.91 Å². The zero-order valence-electron chi connectivity index (χ0n) is 9.40. The number of nitrogens with one attached hydrogen (secondary N) is 1. The molecule has 0 spiro atoms. The first-order valence-electron chi connectivity index (χ1n) is 4.81. The van der Waals surface area contributed by atoms with Gasteiger partial charge in [-0.05, 0) is 19.1 Å². The Kier molecular flexibility index (Phi) is 7.23. The van der Waals surface area contributed by atoms with Crippen molar-refractivity contribution in [1.82, 2.24) is 0 Å². The Hall–Kier alpha value is -2.04. The van der Waals surface area contributed by atoms with Crippen LogP contribution >= 0.6 is 0 Å². The molecule has 0 radical (unpaired) electrons. The van der Waals surface area contributed by atoms with Gasteiger partial charge in [-0.25, -0.2) is 4.79 Å². The smallest absolute Gasteiger partial charge is 0.404 e. The maximum absolute atomic E-state index is 10.5. The molecule has 0 aliphatic rings. The zero-order chi connectivity index (χ0) is 12.4. The second-order valence-electron chi connectivity index (χ2n) is 2.80. The number of carbonyl (C=O) groups excluding carboxylic acids is 2. The van der Waals surface area contributed by atoms with Gasteiger partial charge in [0.25, 0.3) is 0 Å². The highest BCUT2D eigenvalue weighted by Gasteiger charge is 1.90. The lowest BCUT2D eigenvalue weighted by Gasteiger charge is -1.98. The average molecular weight is 224 g/mol. The molecule has 0 bridgehead atoms. The van der Waals surface area contributed by atoms with E-state index in [0.29, 0.717) is 6.61 Å². The predicted octanol–water partition coefficient (Wildman–Crippen LogP) is 1.75. The van der Waals surface area contributed by atoms with Crippen LogP contribution < -0.4 is 11.1 Å². The number of rotatable bonds is 2. The van der Waals surface area contributed by atoms with E-state index >= 15 is 0 Å². The second-order valence-corrected chi connectivity index (χ2v) is 2.80. The van der Waals surface area contributed by atoms with Gasteiger partial charge in [0, 0.05) is 12.6 Å². The summed E-state index contributed by atoms with van der Waals surface area (Å²) in [5, 5.41) is 2.67. The number of hydrogen-bond acceptors (Lipinski definition) is 3. The summed E-state index contributed by atoms with van der Waals surface area (Å²) in [5.41, 5.74) is 5.38. The van der Waals surface area contributed by atoms with Gasteiger partial charge < -0.3 is 15.8 Å². The lowest BCUT2D eigenvalue weighted by molar-refractivity contribution is -0.114. The lowest BCUT2D eigenvalue weighted by atomic mass is 10.3. The standard InChI is InChI=1S/C8H9NO.C3H7NO2/c1-7(10)9-8-5-3-2-4-6-8;1-2-6-3(4)5/h2-6H,1H3,(H,9,10);2H2,1H3,(H2,4,5). The minimum absolute atomic E-state index is 0.0359. The van der Waals surface area contributed by atoms with E-state index in [4.69, 9.17) is 0 Å². The van der Waals surface area contributed by atoms with Crippen LogP contribution in [-0.2, 0) is 9.53 Å². The largest absolute Gasteiger partial charge is 0.450 e. The molecule has 0 unspecified atom stereocenters. The quantitative estimate of drug-likeness (QED) is 0.802. The van der Waals surface area contributed by atoms with Crippen LogP contribution in [0.2, 0.25) is 0 Å². The number of hydrogen-bond donors (Lipinski definition) is 2. The number of anilines is 1. The van der Waals surface area contributed by atoms with Crippen molar-refractivity contribution in [3.8, 4) is 0 Å². The van der Waals surface area contributed by atoms with Gasteiger partial charge in [-0.3, -0.25) is 4.79 Å². The molecule has 0 saturated heterocycles. The zero-order valence-corrected chi connectivity index (χ0v) is 9.40. The lowest BCUT2D eigenvalue weighted by Crippen LogP contribution is -2.11. The molecule has 2 amide bonds. The van der Waals surface area contributed by atoms with Crippen LogP contribution in [0.25, 0.3) is 0 Å². The van der Waals surface area contributed by atoms with Crippen LogP contribution in [-0.4, -0.2) is 18.6 Å². The molecule has 0 aromatic heterocycles. The Labute approximate surface area is 94.6 Å². The highest BCUT2D eigenvalue weighted by atomic mass is 16.5. The van der Waals surface area contributed by atoms with E-state index in [9.17, 15) is 9.59 Å². The average Bonchev–Trinajstić information content (AvgIpc) is 2.18. The molecule has 3 N–H and O–H groups in total. The van der Waals surface area contributed by atoms with Crippen LogP contribution in [0.15, 0.2) is 30.3 Å². The summed E-state index contributed by atoms with van der Waals surface area (Å²) in [4.78, 5) is 20.1. The number of nitrogens with two attached hydrogens (primary N) is 1. The van der Waals surface area contributed by atoms with Crippen molar-refractivity contribution in [3.63, 3.8) is 0 Å². The molecule has 0 aliphatic heterocycles. The molecule has 0 aliphatic carbocycles. The first kappa shape index (κ1) is 14.0. The Bertz CT molecular complexity index is 325. The fourth-order valence-corrected chi connectivity index (χ4v) is 0.867. The summed E-state index contributed by atoms with van der Waals surface area (Å²) in [6, 6.07) is 9.37. The van der Waals surface area contributed by atoms with Gasteiger partial charge in [-0.15, -0.1) is 0 Å². The number of ether oxygens (including phenoxy) is 1. The van der Waals surface area contributed by atoms with Gasteiger partial charge in [0.05, 0.1) is 6.61 Å². The predicted molar refractivity (Wildman–Crippen MR) is 62.0 cm³/mol. The van der Waals surface area contributed by atoms with Gasteiger partial charge in [-0.2, -0.15) is 0 Å². The van der Waals surface area contributed by atoms with Crippen LogP contribution in [0.1, 0.15) is 13.8 Å². The molecular weight excluding hydrogens is 208 g/mol. The van der Waals surface area contributed by atoms with Crippen molar-refractivity contribution in [2.24, 2.45) is 5.73 Å². The summed E-state index contributed by atoms with van der Waals surface area (Å²) >= 11 is 0. The third-order valence-corrected chi connectivity index (χ3v) is 1.38. The first-order chi connectivity index (χ1) is 7.56. The highest BCUT2D eigenvalue weighted by molar-refractivity contribution is 5.88. The molecule has 1 aromatic carbocycles. The van der Waals surface area contributed by atoms with E-state index in [0.717, 1.165) is 5.69 Å². The van der Waals surface area contributed by atoms with Crippen molar-refractivity contribution < 1.29 is 14.3 Å². The van der Waals surface area contributed by atoms with Crippen LogP contribution in [0.4, 0.5) is 10.5 Å². The van der Waals surface area contributed by atoms with E-state index < -0.39 is 6.09 Å². The molecule has 0 heterocycles. The first-order valence-corrected chi connectivity index (χ1v) is 4.81. The summed E-state index contributed by atoms with van der Waals surface area (Å²) in [6.45, 7) is 3.55. The number of carbonyl (C=O) groups is 2. The van der Waals surface area contributed by atoms with Crippen LogP contribution in [0, 0.1) is 0 Å². The molecule has 0 fully saturated rings. The SMILES string of the molecule is CC(=O)Nc1ccccc1.CCOC(N)=O. The molecule has 0 atom stereocenters. The Balaban J connectivity index is 0.000000325. The molecule has 0 saturated carbocycles. The Morgan fingerprint density at radius 2 is 1.88 bits per heavy atom. The Morgan fingerprint density at radius 1 is 1.31 bits per heavy atom. The molecule has 88 valence electrons. The van der Waals surface area contributed by atoms with Gasteiger partial charge in [-0.1, -0.05) is 18.2 Å². The fraction of sp³-hybridized carbons (Fsp3) is 0.273. The number of para-hydroxylation sites is 1. The normalized spacial score (nSPS) is 8.38. The van der Waals surface area contributed by atoms with Gasteiger partial charge in [0.2, 0.25) is 5.91 Å². The monoisotopic (exact) mass is 224 g/mol. The highest BCUT2D eigenvalue weighted by Crippen LogP contribution is 2.03. The second kappa shape index (κ2) is 8.28. The van der Waals surface area contributed by atoms with Crippen molar-refractivity contribution in [1.29, 1.82) is 0 Å². The maximum atomic E-state index is 10.5. The summed E-state index contributed by atoms with van der Waals surface area (Å²) in [7, 11) is 0. The van der Waals surface area contributed by atoms with Crippen LogP contribution in [0.5, 0.6) is 0 Å². The van der Waals surface area contributed by atoms with E-state index in [1.807, 2.05) is 30.3 Å². The minimum atomic E-state index is -0.711. The van der Waals surface area contributed by atoms with E-state index in [2.05, 4.69) is 15.8 Å². The van der Waals surface area contributed by atoms with Crippen molar-refractivity contribution in [3.05, 3.63) is 30.3 Å². The molecule has 5 heteroatoms. The Morgan fingerprint density at radius 3 is 2.19 bits per heavy atom. The van der Waals surface area contributed by atoms with E-state index in [1.54, 1.807) is 6.92 Å². The summed E-state index contributed by atoms with van der Waals surface area (Å²) in [5.74, 6) is -0.0359. The van der Waals surface area contributed by atoms with Gasteiger partial charge in [0.15, 0.2) is 0 Å². The van der Waals surface area contributed by atoms with Crippen LogP contribution in [0.3, 0.4) is 0 Å². The molecule has 5 nitrogen and oxygen atoms in total. The van der Waals surface area contributed by atoms with Crippen molar-refractivity contribution >= 4 is 17.7 Å². The van der Waals surface area contributed by atoms with E-state index in [1.165, 1.54) is 6.92 Å². The molecule has 1 rings (SSSR count). The number of primary amides is 1. The fourth-order valence-electron chi connectivity index (χ4n) is 0.867.